The summed E-state index contributed by atoms with van der Waals surface area (Å²) in [7, 11) is 0. The van der Waals surface area contributed by atoms with Crippen LogP contribution in [0.1, 0.15) is 29.3 Å². The Balaban J connectivity index is 1.69. The van der Waals surface area contributed by atoms with Crippen molar-refractivity contribution < 1.29 is 30.8 Å². The maximum Gasteiger partial charge on any atom is 0.403 e. The van der Waals surface area contributed by atoms with Gasteiger partial charge in [-0.25, -0.2) is 9.97 Å². The Labute approximate surface area is 208 Å². The molecule has 2 aromatic carbocycles. The molecule has 192 valence electrons. The minimum atomic E-state index is -5.47. The van der Waals surface area contributed by atoms with Crippen LogP contribution in [0.2, 0.25) is 0 Å². The van der Waals surface area contributed by atoms with E-state index in [0.717, 1.165) is 27.6 Å². The summed E-state index contributed by atoms with van der Waals surface area (Å²) in [5.74, 6) is 0. The van der Waals surface area contributed by atoms with Gasteiger partial charge in [0.2, 0.25) is 5.71 Å². The zero-order valence-corrected chi connectivity index (χ0v) is 20.4. The topological polar surface area (TPSA) is 38.9 Å². The van der Waals surface area contributed by atoms with E-state index in [4.69, 9.17) is 4.42 Å². The van der Waals surface area contributed by atoms with Gasteiger partial charge in [0.25, 0.3) is 0 Å². The van der Waals surface area contributed by atoms with Crippen LogP contribution in [0.15, 0.2) is 52.9 Å². The fraction of sp³-hybridized carbons (Fsp3) is 0.286. The van der Waals surface area contributed by atoms with Crippen LogP contribution in [0.3, 0.4) is 0 Å². The maximum absolute atomic E-state index is 13.6. The molecule has 3 nitrogen and oxygen atoms in total. The lowest BCUT2D eigenvalue weighted by Gasteiger charge is -2.34. The van der Waals surface area contributed by atoms with Crippen molar-refractivity contribution in [2.75, 3.05) is 0 Å². The van der Waals surface area contributed by atoms with Gasteiger partial charge in [-0.15, -0.1) is 0 Å². The average molecular weight is 516 g/mol. The predicted octanol–water partition coefficient (Wildman–Crippen LogP) is 8.79. The van der Waals surface area contributed by atoms with Gasteiger partial charge in [-0.1, -0.05) is 18.2 Å². The molecule has 3 aromatic heterocycles. The third-order valence-corrected chi connectivity index (χ3v) is 7.16. The van der Waals surface area contributed by atoms with Crippen LogP contribution in [-0.4, -0.2) is 22.3 Å². The number of aromatic nitrogens is 2. The average Bonchev–Trinajstić information content (AvgIpc) is 3.14. The van der Waals surface area contributed by atoms with Gasteiger partial charge in [-0.3, -0.25) is 0 Å². The van der Waals surface area contributed by atoms with Crippen LogP contribution >= 0.6 is 0 Å². The first-order valence-electron chi connectivity index (χ1n) is 11.5. The van der Waals surface area contributed by atoms with Crippen molar-refractivity contribution in [3.63, 3.8) is 0 Å². The van der Waals surface area contributed by atoms with E-state index in [1.54, 1.807) is 12.1 Å². The lowest BCUT2D eigenvalue weighted by Crippen LogP contribution is -2.49. The molecule has 0 saturated heterocycles. The standard InChI is InChI=1S/C28H22F6N2O/c1-14-12-20-19-9-8-15(2)35-25(19)37-24(20)23(16(14)3)22-11-10-18-17(6-5-7-21(18)36-22)13-26(4,27(29,30)31)28(32,33)34/h5-12H,13H2,1-4H3. The van der Waals surface area contributed by atoms with Gasteiger partial charge in [-0.05, 0) is 81.1 Å². The van der Waals surface area contributed by atoms with Gasteiger partial charge in [0.1, 0.15) is 5.58 Å². The maximum atomic E-state index is 13.6. The molecule has 0 aliphatic rings. The van der Waals surface area contributed by atoms with E-state index in [1.165, 1.54) is 18.2 Å². The van der Waals surface area contributed by atoms with Crippen LogP contribution in [0.5, 0.6) is 0 Å². The quantitative estimate of drug-likeness (QED) is 0.225. The highest BCUT2D eigenvalue weighted by molar-refractivity contribution is 6.09. The molecule has 0 N–H and O–H groups in total. The molecule has 0 unspecified atom stereocenters. The van der Waals surface area contributed by atoms with E-state index in [1.807, 2.05) is 39.0 Å². The number of nitrogens with zero attached hydrogens (tertiary/aromatic N) is 2. The van der Waals surface area contributed by atoms with Gasteiger partial charge in [0, 0.05) is 27.4 Å². The van der Waals surface area contributed by atoms with Gasteiger partial charge in [0.05, 0.1) is 11.2 Å². The Morgan fingerprint density at radius 2 is 1.46 bits per heavy atom. The molecule has 3 heterocycles. The van der Waals surface area contributed by atoms with E-state index < -0.39 is 24.2 Å². The number of hydrogen-bond acceptors (Lipinski definition) is 3. The molecule has 0 radical (unpaired) electrons. The molecule has 0 spiro atoms. The zero-order valence-electron chi connectivity index (χ0n) is 20.4. The summed E-state index contributed by atoms with van der Waals surface area (Å²) >= 11 is 0. The highest BCUT2D eigenvalue weighted by Crippen LogP contribution is 2.52. The van der Waals surface area contributed by atoms with Crippen molar-refractivity contribution in [3.8, 4) is 11.3 Å². The molecule has 37 heavy (non-hydrogen) atoms. The third-order valence-electron chi connectivity index (χ3n) is 7.16. The van der Waals surface area contributed by atoms with E-state index in [2.05, 4.69) is 9.97 Å². The zero-order chi connectivity index (χ0) is 26.9. The molecule has 9 heteroatoms. The van der Waals surface area contributed by atoms with Crippen LogP contribution in [-0.2, 0) is 6.42 Å². The Hall–Kier alpha value is -3.62. The summed E-state index contributed by atoms with van der Waals surface area (Å²) in [6.45, 7) is 5.91. The second kappa shape index (κ2) is 8.19. The number of hydrogen-bond donors (Lipinski definition) is 0. The molecule has 5 aromatic rings. The number of aryl methyl sites for hydroxylation is 2. The molecular weight excluding hydrogens is 494 g/mol. The minimum absolute atomic E-state index is 0.0803. The lowest BCUT2D eigenvalue weighted by molar-refractivity contribution is -0.334. The smallest absolute Gasteiger partial charge is 0.403 e. The summed E-state index contributed by atoms with van der Waals surface area (Å²) in [6, 6.07) is 13.2. The predicted molar refractivity (Wildman–Crippen MR) is 130 cm³/mol. The molecular formula is C28H22F6N2O. The highest BCUT2D eigenvalue weighted by atomic mass is 19.4. The molecule has 0 bridgehead atoms. The first kappa shape index (κ1) is 25.0. The number of pyridine rings is 2. The monoisotopic (exact) mass is 516 g/mol. The molecule has 0 fully saturated rings. The molecule has 5 rings (SSSR count). The van der Waals surface area contributed by atoms with Crippen molar-refractivity contribution in [2.45, 2.75) is 46.5 Å². The molecule has 0 amide bonds. The van der Waals surface area contributed by atoms with Crippen molar-refractivity contribution in [1.82, 2.24) is 9.97 Å². The number of benzene rings is 2. The minimum Gasteiger partial charge on any atom is -0.437 e. The van der Waals surface area contributed by atoms with Gasteiger partial charge < -0.3 is 4.42 Å². The summed E-state index contributed by atoms with van der Waals surface area (Å²) in [6.07, 6.45) is -12.2. The van der Waals surface area contributed by atoms with E-state index in [0.29, 0.717) is 28.1 Å². The first-order valence-corrected chi connectivity index (χ1v) is 11.5. The summed E-state index contributed by atoms with van der Waals surface area (Å²) in [4.78, 5) is 9.13. The van der Waals surface area contributed by atoms with Crippen molar-refractivity contribution >= 4 is 33.0 Å². The number of rotatable bonds is 3. The Morgan fingerprint density at radius 1 is 0.784 bits per heavy atom. The van der Waals surface area contributed by atoms with Crippen LogP contribution in [0, 0.1) is 26.2 Å². The van der Waals surface area contributed by atoms with Crippen LogP contribution in [0.4, 0.5) is 26.3 Å². The Morgan fingerprint density at radius 3 is 2.14 bits per heavy atom. The number of halogens is 6. The second-order valence-corrected chi connectivity index (χ2v) is 9.66. The van der Waals surface area contributed by atoms with E-state index >= 15 is 0 Å². The third kappa shape index (κ3) is 3.91. The number of fused-ring (bicyclic) bond motifs is 4. The fourth-order valence-electron chi connectivity index (χ4n) is 4.67. The van der Waals surface area contributed by atoms with Gasteiger partial charge in [0.15, 0.2) is 5.41 Å². The van der Waals surface area contributed by atoms with E-state index in [-0.39, 0.29) is 17.9 Å². The highest BCUT2D eigenvalue weighted by Gasteiger charge is 2.67. The van der Waals surface area contributed by atoms with Gasteiger partial charge >= 0.3 is 12.4 Å². The summed E-state index contributed by atoms with van der Waals surface area (Å²) < 4.78 is 87.5. The lowest BCUT2D eigenvalue weighted by atomic mass is 9.81. The molecule has 0 atom stereocenters. The fourth-order valence-corrected chi connectivity index (χ4v) is 4.67. The van der Waals surface area contributed by atoms with Crippen LogP contribution in [0.25, 0.3) is 44.2 Å². The Kier molecular flexibility index (Phi) is 5.55. The normalized spacial score (nSPS) is 13.2. The molecule has 0 saturated carbocycles. The van der Waals surface area contributed by atoms with Crippen LogP contribution < -0.4 is 0 Å². The Bertz CT molecular complexity index is 1670. The largest absolute Gasteiger partial charge is 0.437 e. The SMILES string of the molecule is Cc1ccc2c(n1)oc1c(-c3ccc4c(CC(C)(C(F)(F)F)C(F)(F)F)cccc4n3)c(C)c(C)cc12. The summed E-state index contributed by atoms with van der Waals surface area (Å²) in [5.41, 5.74) is 1.23. The summed E-state index contributed by atoms with van der Waals surface area (Å²) in [5, 5.41) is 1.92. The van der Waals surface area contributed by atoms with Crippen molar-refractivity contribution in [3.05, 3.63) is 70.9 Å². The van der Waals surface area contributed by atoms with Gasteiger partial charge in [-0.2, -0.15) is 26.3 Å². The number of furan rings is 1. The molecule has 0 aliphatic heterocycles. The van der Waals surface area contributed by atoms with Crippen molar-refractivity contribution in [2.24, 2.45) is 5.41 Å². The second-order valence-electron chi connectivity index (χ2n) is 9.66. The van der Waals surface area contributed by atoms with E-state index in [9.17, 15) is 26.3 Å². The first-order chi connectivity index (χ1) is 17.2. The van der Waals surface area contributed by atoms with Crippen molar-refractivity contribution in [1.29, 1.82) is 0 Å². The number of alkyl halides is 6. The molecule has 0 aliphatic carbocycles.